The summed E-state index contributed by atoms with van der Waals surface area (Å²) in [5.74, 6) is -0.910. The van der Waals surface area contributed by atoms with Gasteiger partial charge in [-0.05, 0) is 23.5 Å². The summed E-state index contributed by atoms with van der Waals surface area (Å²) in [5, 5.41) is 14.9. The zero-order valence-electron chi connectivity index (χ0n) is 14.3. The Labute approximate surface area is 169 Å². The van der Waals surface area contributed by atoms with Crippen LogP contribution in [0.5, 0.6) is 5.88 Å². The predicted molar refractivity (Wildman–Crippen MR) is 105 cm³/mol. The minimum absolute atomic E-state index is 0.0115. The van der Waals surface area contributed by atoms with Gasteiger partial charge in [-0.2, -0.15) is 4.37 Å². The number of rotatable bonds is 8. The van der Waals surface area contributed by atoms with Crippen molar-refractivity contribution in [2.24, 2.45) is 11.7 Å². The van der Waals surface area contributed by atoms with Gasteiger partial charge in [0.15, 0.2) is 0 Å². The van der Waals surface area contributed by atoms with Crippen molar-refractivity contribution < 1.29 is 19.4 Å². The molecule has 1 atom stereocenters. The van der Waals surface area contributed by atoms with Crippen LogP contribution in [0, 0.1) is 5.92 Å². The first kappa shape index (κ1) is 21.2. The van der Waals surface area contributed by atoms with Gasteiger partial charge in [-0.25, -0.2) is 4.79 Å². The minimum Gasteiger partial charge on any atom is -0.472 e. The number of carbonyl (C=O) groups is 2. The average Bonchev–Trinajstić information content (AvgIpc) is 3.03. The third-order valence-electron chi connectivity index (χ3n) is 3.45. The van der Waals surface area contributed by atoms with E-state index in [2.05, 4.69) is 15.0 Å². The van der Waals surface area contributed by atoms with Crippen molar-refractivity contribution in [2.75, 3.05) is 18.5 Å². The second-order valence-corrected chi connectivity index (χ2v) is 7.24. The molecule has 5 N–H and O–H groups in total. The fraction of sp³-hybridized carbons (Fsp3) is 0.312. The Morgan fingerprint density at radius 3 is 2.81 bits per heavy atom. The fourth-order valence-corrected chi connectivity index (χ4v) is 3.07. The number of aliphatic hydroxyl groups excluding tert-OH is 1. The van der Waals surface area contributed by atoms with Crippen LogP contribution in [0.15, 0.2) is 18.2 Å². The van der Waals surface area contributed by atoms with Crippen LogP contribution in [0.4, 0.5) is 9.80 Å². The fourth-order valence-electron chi connectivity index (χ4n) is 1.96. The molecule has 2 aromatic rings. The lowest BCUT2D eigenvalue weighted by molar-refractivity contribution is 0.0996. The van der Waals surface area contributed by atoms with Gasteiger partial charge in [-0.3, -0.25) is 10.1 Å². The van der Waals surface area contributed by atoms with E-state index in [0.29, 0.717) is 15.6 Å². The van der Waals surface area contributed by atoms with Gasteiger partial charge in [0.05, 0.1) is 10.0 Å². The molecule has 0 radical (unpaired) electrons. The van der Waals surface area contributed by atoms with E-state index in [1.165, 1.54) is 0 Å². The van der Waals surface area contributed by atoms with E-state index in [4.69, 9.17) is 38.8 Å². The van der Waals surface area contributed by atoms with Gasteiger partial charge in [0, 0.05) is 18.7 Å². The molecule has 1 unspecified atom stereocenters. The third-order valence-corrected chi connectivity index (χ3v) is 5.06. The molecule has 146 valence electrons. The topological polar surface area (TPSA) is 127 Å². The maximum atomic E-state index is 11.9. The van der Waals surface area contributed by atoms with Crippen LogP contribution in [-0.4, -0.2) is 34.6 Å². The molecular weight excluding hydrogens is 415 g/mol. The molecule has 1 aromatic heterocycles. The van der Waals surface area contributed by atoms with Crippen LogP contribution in [0.2, 0.25) is 10.0 Å². The van der Waals surface area contributed by atoms with Crippen LogP contribution in [0.25, 0.3) is 0 Å². The van der Waals surface area contributed by atoms with Crippen molar-refractivity contribution >= 4 is 51.7 Å². The number of nitrogens with two attached hydrogens (primary N) is 1. The van der Waals surface area contributed by atoms with Gasteiger partial charge in [0.1, 0.15) is 17.2 Å². The smallest absolute Gasteiger partial charge is 0.319 e. The van der Waals surface area contributed by atoms with Crippen LogP contribution < -0.4 is 21.1 Å². The molecule has 0 aliphatic rings. The van der Waals surface area contributed by atoms with Gasteiger partial charge in [-0.15, -0.1) is 0 Å². The summed E-state index contributed by atoms with van der Waals surface area (Å²) in [4.78, 5) is 23.7. The Bertz CT molecular complexity index is 831. The lowest BCUT2D eigenvalue weighted by Crippen LogP contribution is -2.33. The Hall–Kier alpha value is -2.07. The van der Waals surface area contributed by atoms with Gasteiger partial charge in [-0.1, -0.05) is 42.3 Å². The third kappa shape index (κ3) is 5.70. The minimum atomic E-state index is -0.796. The van der Waals surface area contributed by atoms with E-state index >= 15 is 0 Å². The van der Waals surface area contributed by atoms with Crippen LogP contribution in [0.1, 0.15) is 22.8 Å². The molecule has 1 heterocycles. The molecule has 2 rings (SSSR count). The maximum Gasteiger partial charge on any atom is 0.319 e. The zero-order valence-corrected chi connectivity index (χ0v) is 16.6. The van der Waals surface area contributed by atoms with E-state index < -0.39 is 11.9 Å². The molecular formula is C16H18Cl2N4O4S. The molecule has 0 saturated carbocycles. The zero-order chi connectivity index (χ0) is 20.0. The molecule has 0 bridgehead atoms. The Morgan fingerprint density at radius 2 is 2.15 bits per heavy atom. The summed E-state index contributed by atoms with van der Waals surface area (Å²) in [5.41, 5.74) is 5.97. The Balaban J connectivity index is 2.09. The van der Waals surface area contributed by atoms with Crippen molar-refractivity contribution in [3.63, 3.8) is 0 Å². The van der Waals surface area contributed by atoms with E-state index in [1.807, 2.05) is 0 Å². The number of benzene rings is 1. The second kappa shape index (κ2) is 9.75. The normalized spacial score (nSPS) is 11.7. The van der Waals surface area contributed by atoms with Gasteiger partial charge in [0.2, 0.25) is 5.88 Å². The van der Waals surface area contributed by atoms with E-state index in [0.717, 1.165) is 11.5 Å². The van der Waals surface area contributed by atoms with E-state index in [1.54, 1.807) is 25.1 Å². The monoisotopic (exact) mass is 432 g/mol. The first-order valence-corrected chi connectivity index (χ1v) is 9.37. The summed E-state index contributed by atoms with van der Waals surface area (Å²) in [6, 6.07) is 4.53. The number of anilines is 1. The molecule has 1 aromatic carbocycles. The number of nitrogens with zero attached hydrogens (tertiary/aromatic N) is 1. The number of ether oxygens (including phenoxy) is 1. The van der Waals surface area contributed by atoms with Crippen molar-refractivity contribution in [2.45, 2.75) is 13.5 Å². The number of hydrogen-bond acceptors (Lipinski definition) is 6. The number of nitrogens with one attached hydrogen (secondary N) is 2. The van der Waals surface area contributed by atoms with E-state index in [-0.39, 0.29) is 42.1 Å². The number of urea groups is 1. The highest BCUT2D eigenvalue weighted by Crippen LogP contribution is 2.32. The highest BCUT2D eigenvalue weighted by molar-refractivity contribution is 7.11. The summed E-state index contributed by atoms with van der Waals surface area (Å²) < 4.78 is 9.58. The first-order valence-electron chi connectivity index (χ1n) is 7.84. The SMILES string of the molecule is CC(CO)CNC(=O)Nc1snc(OCc2cccc(Cl)c2Cl)c1C(N)=O. The molecule has 0 fully saturated rings. The number of primary amides is 1. The molecule has 3 amide bonds. The quantitative estimate of drug-likeness (QED) is 0.509. The number of hydrogen-bond donors (Lipinski definition) is 4. The Kier molecular flexibility index (Phi) is 7.66. The summed E-state index contributed by atoms with van der Waals surface area (Å²) in [7, 11) is 0. The number of aliphatic hydroxyl groups is 1. The second-order valence-electron chi connectivity index (χ2n) is 5.68. The number of halogens is 2. The molecule has 0 saturated heterocycles. The summed E-state index contributed by atoms with van der Waals surface area (Å²) in [6.07, 6.45) is 0. The first-order chi connectivity index (χ1) is 12.8. The van der Waals surface area contributed by atoms with Crippen LogP contribution in [0.3, 0.4) is 0 Å². The van der Waals surface area contributed by atoms with Crippen molar-refractivity contribution in [3.05, 3.63) is 39.4 Å². The summed E-state index contributed by atoms with van der Waals surface area (Å²) >= 11 is 12.9. The largest absolute Gasteiger partial charge is 0.472 e. The summed E-state index contributed by atoms with van der Waals surface area (Å²) in [6.45, 7) is 2.00. The van der Waals surface area contributed by atoms with E-state index in [9.17, 15) is 9.59 Å². The molecule has 0 aliphatic carbocycles. The predicted octanol–water partition coefficient (Wildman–Crippen LogP) is 2.88. The van der Waals surface area contributed by atoms with Crippen molar-refractivity contribution in [1.82, 2.24) is 9.69 Å². The molecule has 0 spiro atoms. The highest BCUT2D eigenvalue weighted by atomic mass is 35.5. The highest BCUT2D eigenvalue weighted by Gasteiger charge is 2.22. The molecule has 27 heavy (non-hydrogen) atoms. The number of carbonyl (C=O) groups excluding carboxylic acids is 2. The average molecular weight is 433 g/mol. The lowest BCUT2D eigenvalue weighted by atomic mass is 10.2. The van der Waals surface area contributed by atoms with Crippen molar-refractivity contribution in [3.8, 4) is 5.88 Å². The molecule has 0 aliphatic heterocycles. The Morgan fingerprint density at radius 1 is 1.41 bits per heavy atom. The maximum absolute atomic E-state index is 11.9. The lowest BCUT2D eigenvalue weighted by Gasteiger charge is -2.10. The van der Waals surface area contributed by atoms with Gasteiger partial charge in [0.25, 0.3) is 5.91 Å². The molecule has 8 nitrogen and oxygen atoms in total. The van der Waals surface area contributed by atoms with Gasteiger partial charge >= 0.3 is 6.03 Å². The van der Waals surface area contributed by atoms with Gasteiger partial charge < -0.3 is 20.9 Å². The van der Waals surface area contributed by atoms with Crippen LogP contribution in [-0.2, 0) is 6.61 Å². The molecule has 11 heteroatoms. The van der Waals surface area contributed by atoms with Crippen molar-refractivity contribution in [1.29, 1.82) is 0 Å². The number of amides is 3. The number of aromatic nitrogens is 1. The standard InChI is InChI=1S/C16H18Cl2N4O4S/c1-8(6-23)5-20-16(25)21-15-11(13(19)24)14(22-27-15)26-7-9-3-2-4-10(17)12(9)18/h2-4,8,23H,5-7H2,1H3,(H2,19,24)(H2,20,21,25). The van der Waals surface area contributed by atoms with Crippen LogP contribution >= 0.6 is 34.7 Å².